The average molecular weight is 412 g/mol. The Hall–Kier alpha value is -1.60. The van der Waals surface area contributed by atoms with Crippen LogP contribution in [0.3, 0.4) is 0 Å². The number of nitrogens with zero attached hydrogens (tertiary/aromatic N) is 2. The standard InChI is InChI=1S/C18H19Cl2N3O2S/c1-10-13-7-15(16(25)21-18(2,3)9-24)26-17(13)23(22-10)8-11-4-5-12(19)6-14(11)20/h4-7,24H,8-9H2,1-3H3,(H,21,25). The molecule has 1 aromatic carbocycles. The summed E-state index contributed by atoms with van der Waals surface area (Å²) in [6.07, 6.45) is 0. The Morgan fingerprint density at radius 3 is 2.73 bits per heavy atom. The summed E-state index contributed by atoms with van der Waals surface area (Å²) in [4.78, 5) is 14.0. The number of halogens is 2. The van der Waals surface area contributed by atoms with Crippen molar-refractivity contribution in [3.8, 4) is 0 Å². The molecular weight excluding hydrogens is 393 g/mol. The van der Waals surface area contributed by atoms with Gasteiger partial charge in [0.15, 0.2) is 0 Å². The number of fused-ring (bicyclic) bond motifs is 1. The number of hydrogen-bond acceptors (Lipinski definition) is 4. The van der Waals surface area contributed by atoms with Crippen LogP contribution in [0.15, 0.2) is 24.3 Å². The van der Waals surface area contributed by atoms with Gasteiger partial charge >= 0.3 is 0 Å². The molecule has 0 atom stereocenters. The van der Waals surface area contributed by atoms with Gasteiger partial charge in [0.2, 0.25) is 0 Å². The maximum atomic E-state index is 12.5. The molecule has 0 fully saturated rings. The highest BCUT2D eigenvalue weighted by Crippen LogP contribution is 2.30. The van der Waals surface area contributed by atoms with Gasteiger partial charge in [-0.05, 0) is 44.5 Å². The van der Waals surface area contributed by atoms with Crippen molar-refractivity contribution in [1.29, 1.82) is 0 Å². The van der Waals surface area contributed by atoms with Crippen molar-refractivity contribution in [3.63, 3.8) is 0 Å². The third-order valence-electron chi connectivity index (χ3n) is 4.01. The molecule has 0 unspecified atom stereocenters. The van der Waals surface area contributed by atoms with Crippen molar-refractivity contribution in [2.45, 2.75) is 32.9 Å². The van der Waals surface area contributed by atoms with Crippen molar-refractivity contribution >= 4 is 50.7 Å². The first-order chi connectivity index (χ1) is 12.2. The molecule has 1 amide bonds. The summed E-state index contributed by atoms with van der Waals surface area (Å²) < 4.78 is 1.85. The molecule has 0 aliphatic rings. The van der Waals surface area contributed by atoms with Gasteiger partial charge in [0.05, 0.1) is 29.3 Å². The topological polar surface area (TPSA) is 67.2 Å². The minimum absolute atomic E-state index is 0.133. The van der Waals surface area contributed by atoms with E-state index in [0.29, 0.717) is 21.5 Å². The summed E-state index contributed by atoms with van der Waals surface area (Å²) in [7, 11) is 0. The van der Waals surface area contributed by atoms with Crippen molar-refractivity contribution in [2.24, 2.45) is 0 Å². The number of aromatic nitrogens is 2. The fourth-order valence-corrected chi connectivity index (χ4v) is 4.08. The second-order valence-electron chi connectivity index (χ2n) is 6.80. The van der Waals surface area contributed by atoms with Gasteiger partial charge < -0.3 is 10.4 Å². The third-order valence-corrected chi connectivity index (χ3v) is 5.75. The average Bonchev–Trinajstić information content (AvgIpc) is 3.12. The number of aryl methyl sites for hydroxylation is 1. The lowest BCUT2D eigenvalue weighted by molar-refractivity contribution is 0.0873. The molecule has 0 bridgehead atoms. The van der Waals surface area contributed by atoms with E-state index in [4.69, 9.17) is 23.2 Å². The summed E-state index contributed by atoms with van der Waals surface area (Å²) in [5, 5.41) is 18.8. The lowest BCUT2D eigenvalue weighted by atomic mass is 10.1. The summed E-state index contributed by atoms with van der Waals surface area (Å²) >= 11 is 13.6. The molecule has 0 aliphatic carbocycles. The molecule has 0 radical (unpaired) electrons. The van der Waals surface area contributed by atoms with Gasteiger partial charge in [0.1, 0.15) is 4.83 Å². The molecule has 5 nitrogen and oxygen atoms in total. The van der Waals surface area contributed by atoms with E-state index >= 15 is 0 Å². The first kappa shape index (κ1) is 19.2. The van der Waals surface area contributed by atoms with E-state index in [2.05, 4.69) is 10.4 Å². The van der Waals surface area contributed by atoms with Crippen LogP contribution in [0, 0.1) is 6.92 Å². The largest absolute Gasteiger partial charge is 0.394 e. The van der Waals surface area contributed by atoms with Gasteiger partial charge in [0, 0.05) is 15.4 Å². The van der Waals surface area contributed by atoms with E-state index in [1.165, 1.54) is 11.3 Å². The molecule has 3 rings (SSSR count). The second-order valence-corrected chi connectivity index (χ2v) is 8.68. The molecule has 0 spiro atoms. The van der Waals surface area contributed by atoms with Crippen LogP contribution in [0.25, 0.3) is 10.2 Å². The minimum atomic E-state index is -0.675. The number of carbonyl (C=O) groups excluding carboxylic acids is 1. The van der Waals surface area contributed by atoms with Crippen LogP contribution in [0.2, 0.25) is 10.0 Å². The SMILES string of the molecule is Cc1nn(Cc2ccc(Cl)cc2Cl)c2sc(C(=O)NC(C)(C)CO)cc12. The molecule has 0 saturated heterocycles. The number of aliphatic hydroxyl groups is 1. The van der Waals surface area contributed by atoms with E-state index in [1.54, 1.807) is 26.0 Å². The first-order valence-electron chi connectivity index (χ1n) is 8.04. The number of aliphatic hydroxyl groups excluding tert-OH is 1. The molecule has 2 heterocycles. The quantitative estimate of drug-likeness (QED) is 0.658. The van der Waals surface area contributed by atoms with Crippen LogP contribution >= 0.6 is 34.5 Å². The highest BCUT2D eigenvalue weighted by molar-refractivity contribution is 7.20. The highest BCUT2D eigenvalue weighted by atomic mass is 35.5. The van der Waals surface area contributed by atoms with Gasteiger partial charge in [-0.2, -0.15) is 5.10 Å². The predicted octanol–water partition coefficient (Wildman–Crippen LogP) is 4.26. The lowest BCUT2D eigenvalue weighted by Crippen LogP contribution is -2.46. The van der Waals surface area contributed by atoms with Crippen molar-refractivity contribution in [3.05, 3.63) is 50.4 Å². The Balaban J connectivity index is 1.93. The van der Waals surface area contributed by atoms with Gasteiger partial charge in [0.25, 0.3) is 5.91 Å². The molecule has 0 saturated carbocycles. The number of nitrogens with one attached hydrogen (secondary N) is 1. The maximum Gasteiger partial charge on any atom is 0.261 e. The zero-order valence-electron chi connectivity index (χ0n) is 14.6. The molecule has 8 heteroatoms. The van der Waals surface area contributed by atoms with E-state index in [0.717, 1.165) is 21.5 Å². The summed E-state index contributed by atoms with van der Waals surface area (Å²) in [6.45, 7) is 5.81. The predicted molar refractivity (Wildman–Crippen MR) is 107 cm³/mol. The Labute approximate surface area is 165 Å². The van der Waals surface area contributed by atoms with E-state index < -0.39 is 5.54 Å². The third kappa shape index (κ3) is 3.88. The van der Waals surface area contributed by atoms with Gasteiger partial charge in [-0.3, -0.25) is 9.48 Å². The summed E-state index contributed by atoms with van der Waals surface area (Å²) in [5.41, 5.74) is 1.08. The van der Waals surface area contributed by atoms with Gasteiger partial charge in [-0.1, -0.05) is 29.3 Å². The van der Waals surface area contributed by atoms with E-state index in [-0.39, 0.29) is 12.5 Å². The molecule has 26 heavy (non-hydrogen) atoms. The summed E-state index contributed by atoms with van der Waals surface area (Å²) in [6, 6.07) is 7.21. The van der Waals surface area contributed by atoms with E-state index in [9.17, 15) is 9.90 Å². The van der Waals surface area contributed by atoms with Crippen LogP contribution in [-0.4, -0.2) is 32.9 Å². The number of rotatable bonds is 5. The second kappa shape index (κ2) is 7.19. The Morgan fingerprint density at radius 1 is 1.35 bits per heavy atom. The number of thiophene rings is 1. The first-order valence-corrected chi connectivity index (χ1v) is 9.61. The normalized spacial score (nSPS) is 11.9. The lowest BCUT2D eigenvalue weighted by Gasteiger charge is -2.22. The molecule has 0 aliphatic heterocycles. The minimum Gasteiger partial charge on any atom is -0.394 e. The van der Waals surface area contributed by atoms with Crippen molar-refractivity contribution in [1.82, 2.24) is 15.1 Å². The van der Waals surface area contributed by atoms with Crippen LogP contribution in [0.1, 0.15) is 34.8 Å². The molecule has 2 aromatic heterocycles. The Morgan fingerprint density at radius 2 is 2.08 bits per heavy atom. The zero-order valence-corrected chi connectivity index (χ0v) is 17.0. The zero-order chi connectivity index (χ0) is 19.1. The number of benzene rings is 1. The Bertz CT molecular complexity index is 978. The fraction of sp³-hybridized carbons (Fsp3) is 0.333. The summed E-state index contributed by atoms with van der Waals surface area (Å²) in [5.74, 6) is -0.208. The molecule has 3 aromatic rings. The Kier molecular flexibility index (Phi) is 5.30. The van der Waals surface area contributed by atoms with Crippen LogP contribution in [0.4, 0.5) is 0 Å². The molecule has 2 N–H and O–H groups in total. The van der Waals surface area contributed by atoms with E-state index in [1.807, 2.05) is 23.7 Å². The monoisotopic (exact) mass is 411 g/mol. The van der Waals surface area contributed by atoms with Crippen molar-refractivity contribution < 1.29 is 9.90 Å². The van der Waals surface area contributed by atoms with Crippen LogP contribution in [0.5, 0.6) is 0 Å². The maximum absolute atomic E-state index is 12.5. The highest BCUT2D eigenvalue weighted by Gasteiger charge is 2.23. The van der Waals surface area contributed by atoms with Gasteiger partial charge in [-0.25, -0.2) is 0 Å². The van der Waals surface area contributed by atoms with Crippen LogP contribution in [-0.2, 0) is 6.54 Å². The van der Waals surface area contributed by atoms with Crippen LogP contribution < -0.4 is 5.32 Å². The van der Waals surface area contributed by atoms with Gasteiger partial charge in [-0.15, -0.1) is 11.3 Å². The smallest absolute Gasteiger partial charge is 0.261 e. The molecular formula is C18H19Cl2N3O2S. The van der Waals surface area contributed by atoms with Crippen molar-refractivity contribution in [2.75, 3.05) is 6.61 Å². The fourth-order valence-electron chi connectivity index (χ4n) is 2.55. The molecule has 138 valence electrons. The number of carbonyl (C=O) groups is 1. The number of amides is 1. The number of hydrogen-bond donors (Lipinski definition) is 2.